The molecule has 0 radical (unpaired) electrons. The van der Waals surface area contributed by atoms with Crippen LogP contribution in [0.15, 0.2) is 48.7 Å². The second kappa shape index (κ2) is 6.36. The molecule has 5 heteroatoms. The van der Waals surface area contributed by atoms with E-state index in [9.17, 15) is 4.79 Å². The van der Waals surface area contributed by atoms with Crippen LogP contribution in [-0.4, -0.2) is 22.4 Å². The fraction of sp³-hybridized carbons (Fsp3) is 0.111. The van der Waals surface area contributed by atoms with E-state index in [1.807, 2.05) is 55.6 Å². The molecule has 0 unspecified atom stereocenters. The number of hydrogen-bond acceptors (Lipinski definition) is 3. The van der Waals surface area contributed by atoms with E-state index in [2.05, 4.69) is 15.3 Å². The van der Waals surface area contributed by atoms with Gasteiger partial charge in [0.25, 0.3) is 0 Å². The van der Waals surface area contributed by atoms with E-state index in [1.54, 1.807) is 6.08 Å². The zero-order chi connectivity index (χ0) is 16.2. The fourth-order valence-electron chi connectivity index (χ4n) is 2.49. The molecular formula is C18H18N4O. The van der Waals surface area contributed by atoms with Crippen molar-refractivity contribution in [2.75, 3.05) is 11.9 Å². The van der Waals surface area contributed by atoms with Crippen LogP contribution < -0.4 is 11.1 Å². The van der Waals surface area contributed by atoms with Gasteiger partial charge in [-0.05, 0) is 30.7 Å². The normalized spacial score (nSPS) is 11.6. The van der Waals surface area contributed by atoms with Crippen molar-refractivity contribution in [2.45, 2.75) is 6.92 Å². The van der Waals surface area contributed by atoms with Crippen molar-refractivity contribution in [1.82, 2.24) is 9.97 Å². The number of primary amides is 1. The molecule has 0 bridgehead atoms. The highest BCUT2D eigenvalue weighted by Gasteiger charge is 2.10. The van der Waals surface area contributed by atoms with Crippen LogP contribution in [0.3, 0.4) is 0 Å². The Bertz CT molecular complexity index is 865. The molecule has 116 valence electrons. The first kappa shape index (κ1) is 14.8. The van der Waals surface area contributed by atoms with Crippen LogP contribution in [0.4, 0.5) is 5.82 Å². The molecule has 0 saturated carbocycles. The summed E-state index contributed by atoms with van der Waals surface area (Å²) in [5, 5.41) is 4.12. The second-order valence-corrected chi connectivity index (χ2v) is 5.16. The molecule has 0 fully saturated rings. The average molecular weight is 306 g/mol. The van der Waals surface area contributed by atoms with Crippen molar-refractivity contribution in [1.29, 1.82) is 0 Å². The summed E-state index contributed by atoms with van der Waals surface area (Å²) in [6.45, 7) is 2.83. The minimum Gasteiger partial charge on any atom is -0.370 e. The summed E-state index contributed by atoms with van der Waals surface area (Å²) < 4.78 is 0. The van der Waals surface area contributed by atoms with Gasteiger partial charge in [-0.15, -0.1) is 0 Å². The first-order valence-corrected chi connectivity index (χ1v) is 7.48. The number of carbonyl (C=O) groups excluding carboxylic acids is 1. The van der Waals surface area contributed by atoms with E-state index in [-0.39, 0.29) is 0 Å². The minimum atomic E-state index is -0.456. The van der Waals surface area contributed by atoms with Crippen LogP contribution in [-0.2, 0) is 4.79 Å². The molecule has 0 spiro atoms. The van der Waals surface area contributed by atoms with E-state index < -0.39 is 5.91 Å². The number of nitrogens with two attached hydrogens (primary N) is 1. The predicted octanol–water partition coefficient (Wildman–Crippen LogP) is 3.02. The van der Waals surface area contributed by atoms with E-state index in [0.29, 0.717) is 5.57 Å². The summed E-state index contributed by atoms with van der Waals surface area (Å²) in [5.74, 6) is 0.360. The lowest BCUT2D eigenvalue weighted by Crippen LogP contribution is -2.12. The summed E-state index contributed by atoms with van der Waals surface area (Å²) in [7, 11) is 0. The number of aromatic amines is 1. The first-order valence-electron chi connectivity index (χ1n) is 7.48. The minimum absolute atomic E-state index is 0.456. The molecule has 0 atom stereocenters. The third kappa shape index (κ3) is 3.08. The van der Waals surface area contributed by atoms with Gasteiger partial charge in [0.05, 0.1) is 0 Å². The Balaban J connectivity index is 2.06. The molecule has 5 nitrogen and oxygen atoms in total. The van der Waals surface area contributed by atoms with Gasteiger partial charge >= 0.3 is 0 Å². The number of anilines is 1. The lowest BCUT2D eigenvalue weighted by molar-refractivity contribution is -0.112. The molecule has 3 aromatic rings. The van der Waals surface area contributed by atoms with Crippen molar-refractivity contribution in [3.8, 4) is 0 Å². The Hall–Kier alpha value is -3.08. The van der Waals surface area contributed by atoms with Crippen molar-refractivity contribution in [3.63, 3.8) is 0 Å². The van der Waals surface area contributed by atoms with Gasteiger partial charge in [0.15, 0.2) is 0 Å². The average Bonchev–Trinajstić information content (AvgIpc) is 2.95. The number of H-pyrrole nitrogens is 1. The summed E-state index contributed by atoms with van der Waals surface area (Å²) >= 11 is 0. The molecule has 0 aliphatic heterocycles. The lowest BCUT2D eigenvalue weighted by Gasteiger charge is -2.04. The number of nitrogens with one attached hydrogen (secondary N) is 2. The Morgan fingerprint density at radius 2 is 2.04 bits per heavy atom. The lowest BCUT2D eigenvalue weighted by atomic mass is 10.0. The van der Waals surface area contributed by atoms with Gasteiger partial charge in [-0.2, -0.15) is 0 Å². The molecule has 23 heavy (non-hydrogen) atoms. The van der Waals surface area contributed by atoms with Gasteiger partial charge in [0.2, 0.25) is 5.91 Å². The molecule has 1 amide bonds. The maximum absolute atomic E-state index is 11.8. The molecule has 0 aliphatic carbocycles. The zero-order valence-electron chi connectivity index (χ0n) is 12.8. The third-order valence-corrected chi connectivity index (χ3v) is 3.58. The van der Waals surface area contributed by atoms with Crippen LogP contribution in [0.5, 0.6) is 0 Å². The Labute approximate surface area is 134 Å². The summed E-state index contributed by atoms with van der Waals surface area (Å²) in [6, 6.07) is 13.3. The molecule has 3 rings (SSSR count). The Morgan fingerprint density at radius 3 is 2.74 bits per heavy atom. The number of hydrogen-bond donors (Lipinski definition) is 3. The standard InChI is InChI=1S/C18H18N4O/c1-2-20-16-9-8-14-13(11-21-18(14)22-16)10-15(17(19)23)12-6-4-3-5-7-12/h3-11H,2H2,1H3,(H2,19,23)(H2,20,21,22)/b15-10+. The number of aromatic nitrogens is 2. The number of carbonyl (C=O) groups is 1. The van der Waals surface area contributed by atoms with Crippen molar-refractivity contribution < 1.29 is 4.79 Å². The van der Waals surface area contributed by atoms with Crippen molar-refractivity contribution >= 4 is 34.4 Å². The van der Waals surface area contributed by atoms with Crippen LogP contribution >= 0.6 is 0 Å². The highest BCUT2D eigenvalue weighted by molar-refractivity contribution is 6.24. The smallest absolute Gasteiger partial charge is 0.249 e. The predicted molar refractivity (Wildman–Crippen MR) is 93.8 cm³/mol. The maximum atomic E-state index is 11.8. The molecular weight excluding hydrogens is 288 g/mol. The van der Waals surface area contributed by atoms with Crippen LogP contribution in [0.2, 0.25) is 0 Å². The first-order chi connectivity index (χ1) is 11.2. The van der Waals surface area contributed by atoms with Gasteiger partial charge in [-0.25, -0.2) is 4.98 Å². The largest absolute Gasteiger partial charge is 0.370 e. The number of amides is 1. The highest BCUT2D eigenvalue weighted by atomic mass is 16.1. The van der Waals surface area contributed by atoms with E-state index in [4.69, 9.17) is 5.73 Å². The van der Waals surface area contributed by atoms with Gasteiger partial charge < -0.3 is 16.0 Å². The molecule has 2 aromatic heterocycles. The number of benzene rings is 1. The molecule has 0 saturated heterocycles. The summed E-state index contributed by atoms with van der Waals surface area (Å²) in [6.07, 6.45) is 3.63. The molecule has 4 N–H and O–H groups in total. The molecule has 2 heterocycles. The quantitative estimate of drug-likeness (QED) is 0.634. The SMILES string of the molecule is CCNc1ccc2c(/C=C(/C(N)=O)c3ccccc3)c[nH]c2n1. The number of pyridine rings is 1. The van der Waals surface area contributed by atoms with Crippen molar-refractivity contribution in [2.24, 2.45) is 5.73 Å². The number of fused-ring (bicyclic) bond motifs is 1. The van der Waals surface area contributed by atoms with E-state index in [0.717, 1.165) is 34.5 Å². The third-order valence-electron chi connectivity index (χ3n) is 3.58. The summed E-state index contributed by atoms with van der Waals surface area (Å²) in [5.41, 5.74) is 8.47. The van der Waals surface area contributed by atoms with Gasteiger partial charge in [0, 0.05) is 29.3 Å². The zero-order valence-corrected chi connectivity index (χ0v) is 12.8. The van der Waals surface area contributed by atoms with Gasteiger partial charge in [0.1, 0.15) is 11.5 Å². The van der Waals surface area contributed by atoms with Crippen LogP contribution in [0.1, 0.15) is 18.1 Å². The second-order valence-electron chi connectivity index (χ2n) is 5.16. The highest BCUT2D eigenvalue weighted by Crippen LogP contribution is 2.24. The molecule has 1 aromatic carbocycles. The Morgan fingerprint density at radius 1 is 1.26 bits per heavy atom. The van der Waals surface area contributed by atoms with Gasteiger partial charge in [-0.1, -0.05) is 30.3 Å². The van der Waals surface area contributed by atoms with Crippen LogP contribution in [0, 0.1) is 0 Å². The Kier molecular flexibility index (Phi) is 4.10. The topological polar surface area (TPSA) is 83.8 Å². The van der Waals surface area contributed by atoms with Crippen molar-refractivity contribution in [3.05, 3.63) is 59.8 Å². The monoisotopic (exact) mass is 306 g/mol. The molecule has 0 aliphatic rings. The summed E-state index contributed by atoms with van der Waals surface area (Å²) in [4.78, 5) is 19.5. The van der Waals surface area contributed by atoms with Crippen LogP contribution in [0.25, 0.3) is 22.7 Å². The number of rotatable bonds is 5. The van der Waals surface area contributed by atoms with E-state index >= 15 is 0 Å². The van der Waals surface area contributed by atoms with Gasteiger partial charge in [-0.3, -0.25) is 4.79 Å². The number of nitrogens with zero attached hydrogens (tertiary/aromatic N) is 1. The maximum Gasteiger partial charge on any atom is 0.249 e. The fourth-order valence-corrected chi connectivity index (χ4v) is 2.49. The van der Waals surface area contributed by atoms with E-state index in [1.165, 1.54) is 0 Å².